The van der Waals surface area contributed by atoms with Gasteiger partial charge in [-0.2, -0.15) is 0 Å². The highest BCUT2D eigenvalue weighted by Crippen LogP contribution is 2.40. The van der Waals surface area contributed by atoms with E-state index >= 15 is 0 Å². The Kier molecular flexibility index (Phi) is 3.79. The van der Waals surface area contributed by atoms with E-state index in [1.165, 1.54) is 6.42 Å². The molecule has 2 heterocycles. The maximum absolute atomic E-state index is 12.6. The van der Waals surface area contributed by atoms with Crippen LogP contribution >= 0.6 is 0 Å². The van der Waals surface area contributed by atoms with Crippen LogP contribution in [0.5, 0.6) is 0 Å². The minimum Gasteiger partial charge on any atom is -0.382 e. The maximum Gasteiger partial charge on any atom is 0.251 e. The van der Waals surface area contributed by atoms with Crippen LogP contribution in [-0.2, 0) is 9.59 Å². The highest BCUT2D eigenvalue weighted by atomic mass is 16.2. The molecule has 24 heavy (non-hydrogen) atoms. The van der Waals surface area contributed by atoms with Gasteiger partial charge in [0.15, 0.2) is 0 Å². The third-order valence-corrected chi connectivity index (χ3v) is 5.47. The van der Waals surface area contributed by atoms with Crippen molar-refractivity contribution < 1.29 is 9.59 Å². The number of rotatable bonds is 1. The Labute approximate surface area is 142 Å². The minimum absolute atomic E-state index is 0.0380. The van der Waals surface area contributed by atoms with E-state index in [1.54, 1.807) is 6.92 Å². The van der Waals surface area contributed by atoms with Gasteiger partial charge in [0.1, 0.15) is 0 Å². The van der Waals surface area contributed by atoms with Crippen molar-refractivity contribution in [1.29, 1.82) is 0 Å². The van der Waals surface area contributed by atoms with Crippen LogP contribution < -0.4 is 10.6 Å². The van der Waals surface area contributed by atoms with Gasteiger partial charge in [-0.25, -0.2) is 0 Å². The molecule has 3 atom stereocenters. The number of nitrogens with zero attached hydrogens (tertiary/aromatic N) is 1. The molecule has 1 aromatic rings. The average Bonchev–Trinajstić information content (AvgIpc) is 2.87. The quantitative estimate of drug-likeness (QED) is 0.829. The van der Waals surface area contributed by atoms with Crippen molar-refractivity contribution in [2.45, 2.75) is 50.7 Å². The third kappa shape index (κ3) is 2.39. The molecule has 5 nitrogen and oxygen atoms in total. The molecule has 0 aromatic heterocycles. The first kappa shape index (κ1) is 15.2. The Hall–Kier alpha value is -2.30. The number of fused-ring (bicyclic) bond motifs is 1. The van der Waals surface area contributed by atoms with Crippen LogP contribution in [0.3, 0.4) is 0 Å². The van der Waals surface area contributed by atoms with Crippen LogP contribution in [0.4, 0.5) is 0 Å². The van der Waals surface area contributed by atoms with Crippen LogP contribution in [0.15, 0.2) is 41.6 Å². The topological polar surface area (TPSA) is 61.4 Å². The maximum atomic E-state index is 12.6. The summed E-state index contributed by atoms with van der Waals surface area (Å²) in [4.78, 5) is 27.2. The minimum atomic E-state index is -0.304. The second kappa shape index (κ2) is 5.96. The third-order valence-electron chi connectivity index (χ3n) is 5.47. The molecular formula is C19H23N3O2. The Morgan fingerprint density at radius 3 is 2.67 bits per heavy atom. The summed E-state index contributed by atoms with van der Waals surface area (Å²) in [7, 11) is 0. The molecule has 2 aliphatic heterocycles. The summed E-state index contributed by atoms with van der Waals surface area (Å²) >= 11 is 0. The van der Waals surface area contributed by atoms with Gasteiger partial charge in [0.25, 0.3) is 5.91 Å². The van der Waals surface area contributed by atoms with Gasteiger partial charge < -0.3 is 15.5 Å². The Balaban J connectivity index is 1.88. The lowest BCUT2D eigenvalue weighted by Crippen LogP contribution is -2.53. The molecule has 1 aromatic carbocycles. The van der Waals surface area contributed by atoms with Crippen LogP contribution in [0, 0.1) is 0 Å². The standard InChI is InChI=1S/C19H23N3O2/c1-12(23)22-16-10-6-5-9-14(16)21-15-11-20-19(24)17(15)18(22)13-7-3-2-4-8-13/h2-4,7-8,14,16,18,21H,5-6,9-11H2,1H3,(H,20,24). The zero-order chi connectivity index (χ0) is 16.7. The number of carbonyl (C=O) groups excluding carboxylic acids is 2. The monoisotopic (exact) mass is 325 g/mol. The molecule has 5 heteroatoms. The second-order valence-electron chi connectivity index (χ2n) is 6.92. The molecule has 0 bridgehead atoms. The molecule has 3 unspecified atom stereocenters. The molecule has 0 saturated heterocycles. The molecule has 1 fully saturated rings. The van der Waals surface area contributed by atoms with E-state index in [9.17, 15) is 9.59 Å². The molecule has 2 amide bonds. The van der Waals surface area contributed by atoms with E-state index in [0.29, 0.717) is 12.1 Å². The van der Waals surface area contributed by atoms with Crippen molar-refractivity contribution in [3.8, 4) is 0 Å². The Morgan fingerprint density at radius 1 is 1.17 bits per heavy atom. The van der Waals surface area contributed by atoms with Crippen LogP contribution in [0.1, 0.15) is 44.2 Å². The summed E-state index contributed by atoms with van der Waals surface area (Å²) in [6, 6.07) is 9.99. The summed E-state index contributed by atoms with van der Waals surface area (Å²) in [5, 5.41) is 6.53. The van der Waals surface area contributed by atoms with E-state index < -0.39 is 0 Å². The van der Waals surface area contributed by atoms with Gasteiger partial charge in [-0.1, -0.05) is 43.2 Å². The molecule has 2 N–H and O–H groups in total. The zero-order valence-corrected chi connectivity index (χ0v) is 13.9. The predicted molar refractivity (Wildman–Crippen MR) is 90.9 cm³/mol. The van der Waals surface area contributed by atoms with Gasteiger partial charge in [-0.05, 0) is 18.4 Å². The number of carbonyl (C=O) groups is 2. The Bertz CT molecular complexity index is 698. The number of amides is 2. The van der Waals surface area contributed by atoms with Crippen molar-refractivity contribution in [3.05, 3.63) is 47.2 Å². The predicted octanol–water partition coefficient (Wildman–Crippen LogP) is 1.87. The van der Waals surface area contributed by atoms with Gasteiger partial charge in [0, 0.05) is 18.7 Å². The van der Waals surface area contributed by atoms with Gasteiger partial charge >= 0.3 is 0 Å². The summed E-state index contributed by atoms with van der Waals surface area (Å²) in [6.45, 7) is 2.16. The first-order chi connectivity index (χ1) is 11.7. The highest BCUT2D eigenvalue weighted by Gasteiger charge is 2.45. The summed E-state index contributed by atoms with van der Waals surface area (Å²) in [6.07, 6.45) is 4.33. The molecule has 1 aliphatic carbocycles. The number of nitrogens with one attached hydrogen (secondary N) is 2. The van der Waals surface area contributed by atoms with Crippen LogP contribution in [-0.4, -0.2) is 35.3 Å². The summed E-state index contributed by atoms with van der Waals surface area (Å²) in [5.41, 5.74) is 2.69. The van der Waals surface area contributed by atoms with Gasteiger partial charge in [-0.15, -0.1) is 0 Å². The van der Waals surface area contributed by atoms with Crippen molar-refractivity contribution in [3.63, 3.8) is 0 Å². The van der Waals surface area contributed by atoms with Gasteiger partial charge in [0.05, 0.1) is 24.2 Å². The van der Waals surface area contributed by atoms with Gasteiger partial charge in [0.2, 0.25) is 5.91 Å². The number of hydrogen-bond acceptors (Lipinski definition) is 3. The molecular weight excluding hydrogens is 302 g/mol. The van der Waals surface area contributed by atoms with E-state index in [4.69, 9.17) is 0 Å². The second-order valence-corrected chi connectivity index (χ2v) is 6.92. The fourth-order valence-corrected chi connectivity index (χ4v) is 4.46. The molecule has 3 aliphatic rings. The molecule has 0 radical (unpaired) electrons. The molecule has 4 rings (SSSR count). The lowest BCUT2D eigenvalue weighted by molar-refractivity contribution is -0.134. The van der Waals surface area contributed by atoms with E-state index in [0.717, 1.165) is 30.5 Å². The number of hydrogen-bond donors (Lipinski definition) is 2. The van der Waals surface area contributed by atoms with Crippen molar-refractivity contribution in [2.75, 3.05) is 6.54 Å². The fourth-order valence-electron chi connectivity index (χ4n) is 4.46. The summed E-state index contributed by atoms with van der Waals surface area (Å²) in [5.74, 6) is -0.0211. The van der Waals surface area contributed by atoms with Crippen molar-refractivity contribution in [2.24, 2.45) is 0 Å². The van der Waals surface area contributed by atoms with Crippen molar-refractivity contribution in [1.82, 2.24) is 15.5 Å². The van der Waals surface area contributed by atoms with E-state index in [-0.39, 0.29) is 29.9 Å². The highest BCUT2D eigenvalue weighted by molar-refractivity contribution is 5.99. The number of benzene rings is 1. The molecule has 1 saturated carbocycles. The lowest BCUT2D eigenvalue weighted by atomic mass is 9.87. The average molecular weight is 325 g/mol. The first-order valence-corrected chi connectivity index (χ1v) is 8.78. The first-order valence-electron chi connectivity index (χ1n) is 8.78. The molecule has 0 spiro atoms. The van der Waals surface area contributed by atoms with E-state index in [1.807, 2.05) is 35.2 Å². The lowest BCUT2D eigenvalue weighted by Gasteiger charge is -2.42. The van der Waals surface area contributed by atoms with E-state index in [2.05, 4.69) is 10.6 Å². The summed E-state index contributed by atoms with van der Waals surface area (Å²) < 4.78 is 0. The normalized spacial score (nSPS) is 29.3. The largest absolute Gasteiger partial charge is 0.382 e. The zero-order valence-electron chi connectivity index (χ0n) is 13.9. The fraction of sp³-hybridized carbons (Fsp3) is 0.474. The SMILES string of the molecule is CC(=O)N1C(c2ccccc2)C2=C(CNC2=O)NC2CCCCC21. The van der Waals surface area contributed by atoms with Gasteiger partial charge in [-0.3, -0.25) is 9.59 Å². The van der Waals surface area contributed by atoms with Crippen LogP contribution in [0.25, 0.3) is 0 Å². The van der Waals surface area contributed by atoms with Crippen molar-refractivity contribution >= 4 is 11.8 Å². The Morgan fingerprint density at radius 2 is 1.92 bits per heavy atom. The smallest absolute Gasteiger partial charge is 0.251 e. The molecule has 126 valence electrons. The van der Waals surface area contributed by atoms with Crippen LogP contribution in [0.2, 0.25) is 0 Å².